The third-order valence-electron chi connectivity index (χ3n) is 8.05. The van der Waals surface area contributed by atoms with Crippen LogP contribution in [0.1, 0.15) is 36.5 Å². The minimum Gasteiger partial charge on any atom is -0.310 e. The van der Waals surface area contributed by atoms with Crippen LogP contribution in [-0.4, -0.2) is 41.8 Å². The van der Waals surface area contributed by atoms with E-state index in [9.17, 15) is 14.4 Å². The molecule has 0 saturated carbocycles. The number of likely N-dealkylation sites (N-methyl/N-ethyl adjacent to an activating group) is 1. The fourth-order valence-electron chi connectivity index (χ4n) is 6.95. The third kappa shape index (κ3) is 2.11. The first-order chi connectivity index (χ1) is 15.4. The summed E-state index contributed by atoms with van der Waals surface area (Å²) < 4.78 is 0. The molecule has 3 fully saturated rings. The predicted octanol–water partition coefficient (Wildman–Crippen LogP) is 3.15. The number of hydrogen-bond acceptors (Lipinski definition) is 4. The lowest BCUT2D eigenvalue weighted by molar-refractivity contribution is -0.137. The van der Waals surface area contributed by atoms with Crippen molar-refractivity contribution < 1.29 is 14.4 Å². The summed E-state index contributed by atoms with van der Waals surface area (Å²) in [4.78, 5) is 47.4. The van der Waals surface area contributed by atoms with E-state index in [1.54, 1.807) is 4.90 Å². The summed E-state index contributed by atoms with van der Waals surface area (Å²) >= 11 is 0. The molecule has 0 bridgehead atoms. The highest BCUT2D eigenvalue weighted by Gasteiger charge is 2.75. The fourth-order valence-corrected chi connectivity index (χ4v) is 6.95. The van der Waals surface area contributed by atoms with Gasteiger partial charge in [-0.25, -0.2) is 4.90 Å². The highest BCUT2D eigenvalue weighted by molar-refractivity contribution is 6.26. The first kappa shape index (κ1) is 19.7. The molecule has 6 heteroatoms. The first-order valence-corrected chi connectivity index (χ1v) is 11.6. The molecule has 4 aliphatic heterocycles. The summed E-state index contributed by atoms with van der Waals surface area (Å²) in [5, 5.41) is 0. The Morgan fingerprint density at radius 1 is 1.00 bits per heavy atom. The van der Waals surface area contributed by atoms with Crippen LogP contribution in [0.2, 0.25) is 0 Å². The number of benzene rings is 2. The van der Waals surface area contributed by atoms with E-state index < -0.39 is 17.4 Å². The lowest BCUT2D eigenvalue weighted by Crippen LogP contribution is -2.56. The van der Waals surface area contributed by atoms with E-state index in [1.165, 1.54) is 4.90 Å². The van der Waals surface area contributed by atoms with Gasteiger partial charge in [-0.3, -0.25) is 19.3 Å². The van der Waals surface area contributed by atoms with Crippen molar-refractivity contribution in [3.05, 3.63) is 59.2 Å². The van der Waals surface area contributed by atoms with Crippen LogP contribution in [0.3, 0.4) is 0 Å². The average molecular weight is 430 g/mol. The second-order valence-electron chi connectivity index (χ2n) is 9.54. The Bertz CT molecular complexity index is 1190. The summed E-state index contributed by atoms with van der Waals surface area (Å²) in [5.41, 5.74) is 3.30. The topological polar surface area (TPSA) is 60.9 Å². The lowest BCUT2D eigenvalue weighted by atomic mass is 9.75. The van der Waals surface area contributed by atoms with E-state index in [0.717, 1.165) is 41.8 Å². The highest BCUT2D eigenvalue weighted by Crippen LogP contribution is 2.61. The Kier molecular flexibility index (Phi) is 4.01. The van der Waals surface area contributed by atoms with Crippen molar-refractivity contribution in [2.45, 2.75) is 45.2 Å². The maximum absolute atomic E-state index is 14.1. The van der Waals surface area contributed by atoms with Gasteiger partial charge in [0.25, 0.3) is 5.91 Å². The van der Waals surface area contributed by atoms with E-state index in [2.05, 4.69) is 4.90 Å². The zero-order chi connectivity index (χ0) is 22.4. The van der Waals surface area contributed by atoms with E-state index in [-0.39, 0.29) is 23.8 Å². The number of carbonyl (C=O) groups excluding carboxylic acids is 3. The van der Waals surface area contributed by atoms with Crippen molar-refractivity contribution in [2.24, 2.45) is 11.8 Å². The van der Waals surface area contributed by atoms with Crippen LogP contribution >= 0.6 is 0 Å². The largest absolute Gasteiger partial charge is 0.310 e. The molecule has 0 aromatic heterocycles. The van der Waals surface area contributed by atoms with Gasteiger partial charge < -0.3 is 4.90 Å². The Hall–Kier alpha value is -2.99. The van der Waals surface area contributed by atoms with E-state index in [0.29, 0.717) is 12.2 Å². The molecular weight excluding hydrogens is 402 g/mol. The second kappa shape index (κ2) is 6.51. The summed E-state index contributed by atoms with van der Waals surface area (Å²) in [6.07, 6.45) is 1.77. The smallest absolute Gasteiger partial charge is 0.253 e. The number of aryl methyl sites for hydroxylation is 2. The van der Waals surface area contributed by atoms with Gasteiger partial charge in [-0.05, 0) is 57.9 Å². The number of carbonyl (C=O) groups is 3. The van der Waals surface area contributed by atoms with Gasteiger partial charge in [0, 0.05) is 23.8 Å². The van der Waals surface area contributed by atoms with E-state index in [1.807, 2.05) is 63.2 Å². The molecule has 0 unspecified atom stereocenters. The van der Waals surface area contributed by atoms with Gasteiger partial charge in [0.1, 0.15) is 5.54 Å². The zero-order valence-corrected chi connectivity index (χ0v) is 18.7. The number of hydrogen-bond donors (Lipinski definition) is 0. The molecule has 0 radical (unpaired) electrons. The van der Waals surface area contributed by atoms with Gasteiger partial charge in [0.2, 0.25) is 11.8 Å². The second-order valence-corrected chi connectivity index (χ2v) is 9.54. The van der Waals surface area contributed by atoms with Crippen molar-refractivity contribution >= 4 is 29.1 Å². The van der Waals surface area contributed by atoms with Crippen molar-refractivity contribution in [3.8, 4) is 0 Å². The molecule has 4 aliphatic rings. The molecule has 3 amide bonds. The number of imide groups is 1. The van der Waals surface area contributed by atoms with E-state index >= 15 is 0 Å². The third-order valence-corrected chi connectivity index (χ3v) is 8.05. The molecule has 6 rings (SSSR count). The van der Waals surface area contributed by atoms with Gasteiger partial charge in [0.15, 0.2) is 0 Å². The standard InChI is InChI=1S/C26H27N3O3/c1-4-27-19-9-6-5-8-17(19)26(25(27)32)22-21(20-10-7-13-28(20)26)23(30)29(24(22)31)18-12-11-15(2)14-16(18)3/h5-6,8-9,11-12,14,20-22H,4,7,10,13H2,1-3H3/t20-,21-,22-,26-/m1/s1. The molecule has 6 nitrogen and oxygen atoms in total. The van der Waals surface area contributed by atoms with Crippen LogP contribution in [0.15, 0.2) is 42.5 Å². The van der Waals surface area contributed by atoms with Crippen molar-refractivity contribution in [2.75, 3.05) is 22.9 Å². The van der Waals surface area contributed by atoms with Gasteiger partial charge in [-0.15, -0.1) is 0 Å². The van der Waals surface area contributed by atoms with Crippen LogP contribution < -0.4 is 9.80 Å². The molecule has 32 heavy (non-hydrogen) atoms. The molecule has 2 aromatic rings. The summed E-state index contributed by atoms with van der Waals surface area (Å²) in [6.45, 7) is 7.17. The summed E-state index contributed by atoms with van der Waals surface area (Å²) in [5.74, 6) is -1.61. The summed E-state index contributed by atoms with van der Waals surface area (Å²) in [7, 11) is 0. The maximum atomic E-state index is 14.1. The molecule has 2 aromatic carbocycles. The Morgan fingerprint density at radius 2 is 1.78 bits per heavy atom. The Labute approximate surface area is 187 Å². The maximum Gasteiger partial charge on any atom is 0.253 e. The quantitative estimate of drug-likeness (QED) is 0.688. The molecule has 0 aliphatic carbocycles. The average Bonchev–Trinajstić information content (AvgIpc) is 3.47. The highest BCUT2D eigenvalue weighted by atomic mass is 16.2. The Morgan fingerprint density at radius 3 is 2.53 bits per heavy atom. The van der Waals surface area contributed by atoms with Crippen molar-refractivity contribution in [1.29, 1.82) is 0 Å². The fraction of sp³-hybridized carbons (Fsp3) is 0.423. The number of nitrogens with zero attached hydrogens (tertiary/aromatic N) is 3. The number of para-hydroxylation sites is 1. The van der Waals surface area contributed by atoms with Gasteiger partial charge in [-0.2, -0.15) is 0 Å². The van der Waals surface area contributed by atoms with E-state index in [4.69, 9.17) is 0 Å². The molecule has 1 spiro atoms. The molecule has 4 heterocycles. The van der Waals surface area contributed by atoms with Crippen molar-refractivity contribution in [1.82, 2.24) is 4.90 Å². The van der Waals surface area contributed by atoms with Crippen LogP contribution in [0.5, 0.6) is 0 Å². The SMILES string of the molecule is CCN1C(=O)[C@@]2(c3ccccc31)[C@H]1C(=O)N(c3ccc(C)cc3C)C(=O)[C@@H]1[C@H]1CCCN12. The van der Waals surface area contributed by atoms with Crippen LogP contribution in [0.4, 0.5) is 11.4 Å². The number of amides is 3. The van der Waals surface area contributed by atoms with Gasteiger partial charge in [-0.1, -0.05) is 35.9 Å². The minimum absolute atomic E-state index is 0.0516. The number of fused-ring (bicyclic) bond motifs is 7. The molecule has 164 valence electrons. The monoisotopic (exact) mass is 429 g/mol. The van der Waals surface area contributed by atoms with Gasteiger partial charge in [0.05, 0.1) is 17.5 Å². The number of rotatable bonds is 2. The zero-order valence-electron chi connectivity index (χ0n) is 18.7. The first-order valence-electron chi connectivity index (χ1n) is 11.6. The summed E-state index contributed by atoms with van der Waals surface area (Å²) in [6, 6.07) is 13.5. The van der Waals surface area contributed by atoms with Crippen LogP contribution in [-0.2, 0) is 19.9 Å². The molecule has 4 atom stereocenters. The normalized spacial score (nSPS) is 31.1. The minimum atomic E-state index is -1.08. The lowest BCUT2D eigenvalue weighted by Gasteiger charge is -2.37. The predicted molar refractivity (Wildman–Crippen MR) is 121 cm³/mol. The number of anilines is 2. The van der Waals surface area contributed by atoms with Gasteiger partial charge >= 0.3 is 0 Å². The Balaban J connectivity index is 1.57. The molecular formula is C26H27N3O3. The van der Waals surface area contributed by atoms with Crippen LogP contribution in [0, 0.1) is 25.7 Å². The van der Waals surface area contributed by atoms with Crippen molar-refractivity contribution in [3.63, 3.8) is 0 Å². The van der Waals surface area contributed by atoms with Crippen LogP contribution in [0.25, 0.3) is 0 Å². The molecule has 0 N–H and O–H groups in total. The molecule has 3 saturated heterocycles.